The lowest BCUT2D eigenvalue weighted by molar-refractivity contribution is -0.137. The van der Waals surface area contributed by atoms with Crippen molar-refractivity contribution in [1.29, 1.82) is 0 Å². The largest absolute Gasteiger partial charge is 0.507 e. The van der Waals surface area contributed by atoms with Crippen molar-refractivity contribution in [3.8, 4) is 17.0 Å². The smallest absolute Gasteiger partial charge is 0.416 e. The predicted octanol–water partition coefficient (Wildman–Crippen LogP) is 3.00. The highest BCUT2D eigenvalue weighted by molar-refractivity contribution is 5.73. The molecule has 0 saturated carbocycles. The van der Waals surface area contributed by atoms with Crippen molar-refractivity contribution in [2.24, 2.45) is 0 Å². The van der Waals surface area contributed by atoms with E-state index in [4.69, 9.17) is 4.74 Å². The molecule has 166 valence electrons. The van der Waals surface area contributed by atoms with Gasteiger partial charge in [-0.15, -0.1) is 10.2 Å². The molecule has 0 unspecified atom stereocenters. The number of likely N-dealkylation sites (tertiary alicyclic amines) is 1. The van der Waals surface area contributed by atoms with Gasteiger partial charge in [0.15, 0.2) is 5.82 Å². The summed E-state index contributed by atoms with van der Waals surface area (Å²) in [5, 5.41) is 18.7. The minimum absolute atomic E-state index is 0.00738. The van der Waals surface area contributed by atoms with Crippen LogP contribution in [0.1, 0.15) is 24.5 Å². The molecular weight excluding hydrogens is 413 g/mol. The zero-order valence-electron chi connectivity index (χ0n) is 17.2. The Morgan fingerprint density at radius 1 is 1.23 bits per heavy atom. The number of phenols is 1. The summed E-state index contributed by atoms with van der Waals surface area (Å²) in [6.07, 6.45) is -3.81. The first-order valence-corrected chi connectivity index (χ1v) is 10.0. The first-order valence-electron chi connectivity index (χ1n) is 10.0. The molecule has 2 aliphatic heterocycles. The standard InChI is InChI=1S/C21H23F3N4O3/c1-12-9-14(21(22,23)24)10-17(30)20(12)15-3-4-19(26-25-15)28-7-8-31-18-5-6-27(13(2)29)11-16(18)28/h3-4,9-10,16,18,30H,5-8,11H2,1-2H3/t16-,18-/m0/s1. The third kappa shape index (κ3) is 4.16. The number of fused-ring (bicyclic) bond motifs is 1. The number of aromatic hydroxyl groups is 1. The Morgan fingerprint density at radius 2 is 2.00 bits per heavy atom. The van der Waals surface area contributed by atoms with E-state index < -0.39 is 17.5 Å². The molecule has 3 heterocycles. The summed E-state index contributed by atoms with van der Waals surface area (Å²) in [4.78, 5) is 15.7. The maximum Gasteiger partial charge on any atom is 0.416 e. The molecule has 4 rings (SSSR count). The van der Waals surface area contributed by atoms with Gasteiger partial charge in [0, 0.05) is 32.1 Å². The summed E-state index contributed by atoms with van der Waals surface area (Å²) >= 11 is 0. The third-order valence-electron chi connectivity index (χ3n) is 5.87. The highest BCUT2D eigenvalue weighted by Gasteiger charge is 2.38. The van der Waals surface area contributed by atoms with E-state index in [1.807, 2.05) is 0 Å². The van der Waals surface area contributed by atoms with Gasteiger partial charge in [-0.2, -0.15) is 13.2 Å². The number of hydrogen-bond acceptors (Lipinski definition) is 6. The average Bonchev–Trinajstić information content (AvgIpc) is 2.72. The van der Waals surface area contributed by atoms with E-state index in [2.05, 4.69) is 15.1 Å². The van der Waals surface area contributed by atoms with Gasteiger partial charge in [-0.3, -0.25) is 4.79 Å². The molecule has 0 bridgehead atoms. The molecule has 1 N–H and O–H groups in total. The number of carbonyl (C=O) groups is 1. The van der Waals surface area contributed by atoms with Crippen molar-refractivity contribution >= 4 is 11.7 Å². The SMILES string of the molecule is CC(=O)N1CC[C@@H]2OCCN(c3ccc(-c4c(C)cc(C(F)(F)F)cc4O)nn3)[C@H]2C1. The summed E-state index contributed by atoms with van der Waals surface area (Å²) in [5.41, 5.74) is -0.161. The topological polar surface area (TPSA) is 78.8 Å². The maximum absolute atomic E-state index is 13.0. The van der Waals surface area contributed by atoms with Gasteiger partial charge in [-0.25, -0.2) is 0 Å². The lowest BCUT2D eigenvalue weighted by Gasteiger charge is -2.47. The van der Waals surface area contributed by atoms with E-state index in [9.17, 15) is 23.1 Å². The number of alkyl halides is 3. The van der Waals surface area contributed by atoms with Crippen LogP contribution in [0, 0.1) is 6.92 Å². The minimum Gasteiger partial charge on any atom is -0.507 e. The van der Waals surface area contributed by atoms with Gasteiger partial charge in [-0.05, 0) is 43.2 Å². The molecule has 31 heavy (non-hydrogen) atoms. The van der Waals surface area contributed by atoms with Crippen LogP contribution in [-0.2, 0) is 15.7 Å². The van der Waals surface area contributed by atoms with Crippen molar-refractivity contribution in [2.75, 3.05) is 31.1 Å². The van der Waals surface area contributed by atoms with E-state index in [1.54, 1.807) is 24.0 Å². The van der Waals surface area contributed by atoms with Gasteiger partial charge in [0.25, 0.3) is 0 Å². The van der Waals surface area contributed by atoms with Crippen LogP contribution in [-0.4, -0.2) is 64.5 Å². The van der Waals surface area contributed by atoms with E-state index >= 15 is 0 Å². The number of phenolic OH excluding ortho intramolecular Hbond substituents is 1. The second kappa shape index (κ2) is 7.99. The number of amides is 1. The monoisotopic (exact) mass is 436 g/mol. The Balaban J connectivity index is 1.60. The zero-order chi connectivity index (χ0) is 22.3. The highest BCUT2D eigenvalue weighted by Crippen LogP contribution is 2.38. The van der Waals surface area contributed by atoms with E-state index in [1.165, 1.54) is 6.92 Å². The molecule has 2 saturated heterocycles. The fourth-order valence-corrected chi connectivity index (χ4v) is 4.32. The van der Waals surface area contributed by atoms with Crippen molar-refractivity contribution in [1.82, 2.24) is 15.1 Å². The molecule has 2 atom stereocenters. The molecule has 1 amide bonds. The molecule has 1 aromatic heterocycles. The molecule has 10 heteroatoms. The Morgan fingerprint density at radius 3 is 2.61 bits per heavy atom. The maximum atomic E-state index is 13.0. The average molecular weight is 436 g/mol. The van der Waals surface area contributed by atoms with E-state index in [-0.39, 0.29) is 34.9 Å². The molecule has 1 aromatic carbocycles. The van der Waals surface area contributed by atoms with Crippen molar-refractivity contribution < 1.29 is 27.8 Å². The van der Waals surface area contributed by atoms with Crippen LogP contribution in [0.3, 0.4) is 0 Å². The summed E-state index contributed by atoms with van der Waals surface area (Å²) in [5.74, 6) is 0.111. The van der Waals surface area contributed by atoms with Crippen LogP contribution in [0.4, 0.5) is 19.0 Å². The second-order valence-electron chi connectivity index (χ2n) is 7.89. The van der Waals surface area contributed by atoms with Crippen molar-refractivity contribution in [3.63, 3.8) is 0 Å². The van der Waals surface area contributed by atoms with Crippen LogP contribution in [0.15, 0.2) is 24.3 Å². The Kier molecular flexibility index (Phi) is 5.50. The van der Waals surface area contributed by atoms with Crippen molar-refractivity contribution in [3.05, 3.63) is 35.4 Å². The minimum atomic E-state index is -4.54. The molecule has 2 aromatic rings. The summed E-state index contributed by atoms with van der Waals surface area (Å²) in [6, 6.07) is 4.99. The number of morpholine rings is 1. The van der Waals surface area contributed by atoms with Crippen LogP contribution < -0.4 is 4.90 Å². The zero-order valence-corrected chi connectivity index (χ0v) is 17.2. The van der Waals surface area contributed by atoms with Gasteiger partial charge in [0.1, 0.15) is 5.75 Å². The summed E-state index contributed by atoms with van der Waals surface area (Å²) in [7, 11) is 0. The molecule has 0 spiro atoms. The molecular formula is C21H23F3N4O3. The molecule has 0 radical (unpaired) electrons. The van der Waals surface area contributed by atoms with Crippen molar-refractivity contribution in [2.45, 2.75) is 38.6 Å². The number of hydrogen-bond donors (Lipinski definition) is 1. The fourth-order valence-electron chi connectivity index (χ4n) is 4.32. The van der Waals surface area contributed by atoms with Gasteiger partial charge in [-0.1, -0.05) is 0 Å². The van der Waals surface area contributed by atoms with Crippen LogP contribution in [0.5, 0.6) is 5.75 Å². The molecule has 0 aliphatic carbocycles. The first-order chi connectivity index (χ1) is 14.6. The number of anilines is 1. The summed E-state index contributed by atoms with van der Waals surface area (Å²) < 4.78 is 44.8. The fraction of sp³-hybridized carbons (Fsp3) is 0.476. The van der Waals surface area contributed by atoms with E-state index in [0.717, 1.165) is 12.5 Å². The molecule has 2 fully saturated rings. The number of carbonyl (C=O) groups excluding carboxylic acids is 1. The third-order valence-corrected chi connectivity index (χ3v) is 5.87. The van der Waals surface area contributed by atoms with Gasteiger partial charge >= 0.3 is 6.18 Å². The quantitative estimate of drug-likeness (QED) is 0.780. The van der Waals surface area contributed by atoms with Crippen LogP contribution in [0.2, 0.25) is 0 Å². The van der Waals surface area contributed by atoms with Gasteiger partial charge in [0.2, 0.25) is 5.91 Å². The number of ether oxygens (including phenoxy) is 1. The Hall–Kier alpha value is -2.88. The number of piperidine rings is 1. The summed E-state index contributed by atoms with van der Waals surface area (Å²) in [6.45, 7) is 5.34. The predicted molar refractivity (Wildman–Crippen MR) is 107 cm³/mol. The Bertz CT molecular complexity index is 958. The first kappa shape index (κ1) is 21.4. The van der Waals surface area contributed by atoms with Crippen LogP contribution >= 0.6 is 0 Å². The van der Waals surface area contributed by atoms with Crippen LogP contribution in [0.25, 0.3) is 11.3 Å². The van der Waals surface area contributed by atoms with Gasteiger partial charge < -0.3 is 19.6 Å². The molecule has 2 aliphatic rings. The Labute approximate surface area is 177 Å². The highest BCUT2D eigenvalue weighted by atomic mass is 19.4. The number of halogens is 3. The number of benzene rings is 1. The lowest BCUT2D eigenvalue weighted by Crippen LogP contribution is -2.61. The number of nitrogens with zero attached hydrogens (tertiary/aromatic N) is 4. The normalized spacial score (nSPS) is 21.7. The van der Waals surface area contributed by atoms with Gasteiger partial charge in [0.05, 0.1) is 30.0 Å². The van der Waals surface area contributed by atoms with E-state index in [0.29, 0.717) is 38.1 Å². The second-order valence-corrected chi connectivity index (χ2v) is 7.89. The lowest BCUT2D eigenvalue weighted by atomic mass is 9.98. The number of aryl methyl sites for hydroxylation is 1. The molecule has 7 nitrogen and oxygen atoms in total. The number of aromatic nitrogens is 2. The number of rotatable bonds is 2.